The summed E-state index contributed by atoms with van der Waals surface area (Å²) in [6.45, 7) is 5.87. The summed E-state index contributed by atoms with van der Waals surface area (Å²) in [5.74, 6) is -0.281. The van der Waals surface area contributed by atoms with Crippen LogP contribution >= 0.6 is 0 Å². The summed E-state index contributed by atoms with van der Waals surface area (Å²) in [5, 5.41) is 3.51. The Labute approximate surface area is 97.7 Å². The topological polar surface area (TPSA) is 47.6 Å². The van der Waals surface area contributed by atoms with Crippen molar-refractivity contribution in [1.82, 2.24) is 5.32 Å². The minimum Gasteiger partial charge on any atom is -0.464 e. The normalized spacial score (nSPS) is 17.9. The molecule has 0 heterocycles. The third kappa shape index (κ3) is 4.10. The zero-order valence-electron chi connectivity index (χ0n) is 10.4. The van der Waals surface area contributed by atoms with E-state index in [0.29, 0.717) is 18.8 Å². The molecule has 1 N–H and O–H groups in total. The molecule has 0 aromatic rings. The number of carbonyl (C=O) groups excluding carboxylic acids is 1. The van der Waals surface area contributed by atoms with Crippen molar-refractivity contribution >= 4 is 5.97 Å². The maximum atomic E-state index is 11.0. The summed E-state index contributed by atoms with van der Waals surface area (Å²) < 4.78 is 9.98. The molecule has 0 bridgehead atoms. The molecule has 4 nitrogen and oxygen atoms in total. The molecule has 1 rings (SSSR count). The lowest BCUT2D eigenvalue weighted by molar-refractivity contribution is -0.148. The van der Waals surface area contributed by atoms with Gasteiger partial charge in [0.25, 0.3) is 0 Å². The van der Waals surface area contributed by atoms with Crippen molar-refractivity contribution in [2.75, 3.05) is 26.4 Å². The van der Waals surface area contributed by atoms with Crippen LogP contribution in [0.3, 0.4) is 0 Å². The Balaban J connectivity index is 1.97. The molecule has 94 valence electrons. The van der Waals surface area contributed by atoms with Crippen molar-refractivity contribution in [3.05, 3.63) is 0 Å². The standard InChI is InChI=1S/C12H23NO3/c1-3-12(6-5-7-12)13-8-9-15-10-11(14)16-4-2/h13H,3-10H2,1-2H3. The maximum Gasteiger partial charge on any atom is 0.332 e. The molecule has 0 aliphatic heterocycles. The highest BCUT2D eigenvalue weighted by molar-refractivity contribution is 5.70. The van der Waals surface area contributed by atoms with Crippen LogP contribution < -0.4 is 5.32 Å². The highest BCUT2D eigenvalue weighted by Gasteiger charge is 2.33. The summed E-state index contributed by atoms with van der Waals surface area (Å²) >= 11 is 0. The van der Waals surface area contributed by atoms with Crippen molar-refractivity contribution in [2.24, 2.45) is 0 Å². The molecular weight excluding hydrogens is 206 g/mol. The highest BCUT2D eigenvalue weighted by Crippen LogP contribution is 2.34. The number of hydrogen-bond acceptors (Lipinski definition) is 4. The van der Waals surface area contributed by atoms with Gasteiger partial charge in [0.05, 0.1) is 13.2 Å². The van der Waals surface area contributed by atoms with Crippen molar-refractivity contribution in [3.63, 3.8) is 0 Å². The summed E-state index contributed by atoms with van der Waals surface area (Å²) in [7, 11) is 0. The first kappa shape index (κ1) is 13.5. The van der Waals surface area contributed by atoms with E-state index in [-0.39, 0.29) is 12.6 Å². The Morgan fingerprint density at radius 2 is 2.12 bits per heavy atom. The average molecular weight is 229 g/mol. The van der Waals surface area contributed by atoms with Gasteiger partial charge in [-0.1, -0.05) is 6.92 Å². The van der Waals surface area contributed by atoms with E-state index >= 15 is 0 Å². The molecule has 1 fully saturated rings. The van der Waals surface area contributed by atoms with Crippen LogP contribution in [-0.2, 0) is 14.3 Å². The zero-order valence-corrected chi connectivity index (χ0v) is 10.4. The number of nitrogens with one attached hydrogen (secondary N) is 1. The van der Waals surface area contributed by atoms with E-state index < -0.39 is 0 Å². The lowest BCUT2D eigenvalue weighted by atomic mass is 9.75. The minimum absolute atomic E-state index is 0.0641. The fourth-order valence-electron chi connectivity index (χ4n) is 2.01. The number of hydrogen-bond donors (Lipinski definition) is 1. The number of ether oxygens (including phenoxy) is 2. The van der Waals surface area contributed by atoms with E-state index in [0.717, 1.165) is 6.54 Å². The summed E-state index contributed by atoms with van der Waals surface area (Å²) in [6.07, 6.45) is 5.03. The fraction of sp³-hybridized carbons (Fsp3) is 0.917. The molecule has 0 amide bonds. The van der Waals surface area contributed by atoms with Crippen molar-refractivity contribution in [2.45, 2.75) is 45.1 Å². The maximum absolute atomic E-state index is 11.0. The van der Waals surface area contributed by atoms with E-state index in [4.69, 9.17) is 9.47 Å². The van der Waals surface area contributed by atoms with Crippen LogP contribution in [0.5, 0.6) is 0 Å². The second kappa shape index (κ2) is 6.86. The zero-order chi connectivity index (χ0) is 11.9. The van der Waals surface area contributed by atoms with E-state index in [1.54, 1.807) is 6.92 Å². The first-order chi connectivity index (χ1) is 7.72. The first-order valence-electron chi connectivity index (χ1n) is 6.21. The lowest BCUT2D eigenvalue weighted by Gasteiger charge is -2.42. The van der Waals surface area contributed by atoms with Crippen LogP contribution in [-0.4, -0.2) is 37.9 Å². The number of rotatable bonds is 8. The summed E-state index contributed by atoms with van der Waals surface area (Å²) in [4.78, 5) is 11.0. The average Bonchev–Trinajstić information content (AvgIpc) is 2.21. The Kier molecular flexibility index (Phi) is 5.77. The smallest absolute Gasteiger partial charge is 0.332 e. The molecule has 1 aliphatic rings. The van der Waals surface area contributed by atoms with Crippen LogP contribution in [0, 0.1) is 0 Å². The predicted molar refractivity (Wildman–Crippen MR) is 62.3 cm³/mol. The van der Waals surface area contributed by atoms with Gasteiger partial charge in [-0.15, -0.1) is 0 Å². The monoisotopic (exact) mass is 229 g/mol. The van der Waals surface area contributed by atoms with Crippen LogP contribution in [0.1, 0.15) is 39.5 Å². The molecule has 1 aliphatic carbocycles. The first-order valence-corrected chi connectivity index (χ1v) is 6.21. The second-order valence-corrected chi connectivity index (χ2v) is 4.27. The molecule has 0 unspecified atom stereocenters. The van der Waals surface area contributed by atoms with E-state index in [1.807, 2.05) is 0 Å². The molecular formula is C12H23NO3. The molecule has 0 aromatic carbocycles. The fourth-order valence-corrected chi connectivity index (χ4v) is 2.01. The van der Waals surface area contributed by atoms with Gasteiger partial charge in [0.2, 0.25) is 0 Å². The number of carbonyl (C=O) groups is 1. The van der Waals surface area contributed by atoms with E-state index in [9.17, 15) is 4.79 Å². The van der Waals surface area contributed by atoms with Crippen molar-refractivity contribution in [1.29, 1.82) is 0 Å². The molecule has 16 heavy (non-hydrogen) atoms. The lowest BCUT2D eigenvalue weighted by Crippen LogP contribution is -2.51. The molecule has 0 radical (unpaired) electrons. The quantitative estimate of drug-likeness (QED) is 0.506. The molecule has 0 spiro atoms. The van der Waals surface area contributed by atoms with Crippen LogP contribution in [0.15, 0.2) is 0 Å². The molecule has 0 atom stereocenters. The number of esters is 1. The van der Waals surface area contributed by atoms with Crippen LogP contribution in [0.2, 0.25) is 0 Å². The van der Waals surface area contributed by atoms with Gasteiger partial charge in [-0.2, -0.15) is 0 Å². The predicted octanol–water partition coefficient (Wildman–Crippen LogP) is 1.49. The van der Waals surface area contributed by atoms with Gasteiger partial charge < -0.3 is 14.8 Å². The van der Waals surface area contributed by atoms with Gasteiger partial charge >= 0.3 is 5.97 Å². The molecule has 0 aromatic heterocycles. The van der Waals surface area contributed by atoms with Gasteiger partial charge in [-0.25, -0.2) is 4.79 Å². The third-order valence-electron chi connectivity index (χ3n) is 3.26. The Morgan fingerprint density at radius 1 is 1.38 bits per heavy atom. The van der Waals surface area contributed by atoms with Crippen molar-refractivity contribution in [3.8, 4) is 0 Å². The third-order valence-corrected chi connectivity index (χ3v) is 3.26. The van der Waals surface area contributed by atoms with Gasteiger partial charge in [0, 0.05) is 12.1 Å². The second-order valence-electron chi connectivity index (χ2n) is 4.27. The Bertz CT molecular complexity index is 209. The van der Waals surface area contributed by atoms with E-state index in [1.165, 1.54) is 25.7 Å². The van der Waals surface area contributed by atoms with Crippen molar-refractivity contribution < 1.29 is 14.3 Å². The molecule has 4 heteroatoms. The van der Waals surface area contributed by atoms with E-state index in [2.05, 4.69) is 12.2 Å². The summed E-state index contributed by atoms with van der Waals surface area (Å²) in [6, 6.07) is 0. The van der Waals surface area contributed by atoms with Gasteiger partial charge in [0.1, 0.15) is 6.61 Å². The van der Waals surface area contributed by atoms with Crippen LogP contribution in [0.4, 0.5) is 0 Å². The molecule has 0 saturated heterocycles. The van der Waals surface area contributed by atoms with Gasteiger partial charge in [-0.3, -0.25) is 0 Å². The van der Waals surface area contributed by atoms with Gasteiger partial charge in [0.15, 0.2) is 0 Å². The Hall–Kier alpha value is -0.610. The van der Waals surface area contributed by atoms with Crippen LogP contribution in [0.25, 0.3) is 0 Å². The summed E-state index contributed by atoms with van der Waals surface area (Å²) in [5.41, 5.74) is 0.354. The minimum atomic E-state index is -0.281. The largest absolute Gasteiger partial charge is 0.464 e. The Morgan fingerprint density at radius 3 is 2.62 bits per heavy atom. The van der Waals surface area contributed by atoms with Gasteiger partial charge in [-0.05, 0) is 32.6 Å². The highest BCUT2D eigenvalue weighted by atomic mass is 16.6. The SMILES string of the molecule is CCOC(=O)COCCNC1(CC)CCC1. The molecule has 1 saturated carbocycles.